The van der Waals surface area contributed by atoms with Gasteiger partial charge in [-0.1, -0.05) is 0 Å². The number of aliphatic carboxylic acids is 1. The van der Waals surface area contributed by atoms with Crippen LogP contribution in [0.25, 0.3) is 0 Å². The standard InChI is InChI=1S/C12H14BrNO4S/c1-7(9-2-3-10(13)19-9)11(15)14-4-5-18-6-8(14)12(16)17/h2-3,7-8H,4-6H2,1H3,(H,16,17)/t7-,8-/m1/s1. The lowest BCUT2D eigenvalue weighted by atomic mass is 10.1. The number of hydrogen-bond donors (Lipinski definition) is 1. The van der Waals surface area contributed by atoms with Gasteiger partial charge in [-0.15, -0.1) is 11.3 Å². The molecule has 104 valence electrons. The highest BCUT2D eigenvalue weighted by Crippen LogP contribution is 2.30. The van der Waals surface area contributed by atoms with Gasteiger partial charge in [-0.25, -0.2) is 4.79 Å². The Hall–Kier alpha value is -0.920. The third-order valence-corrected chi connectivity index (χ3v) is 4.89. The Morgan fingerprint density at radius 3 is 2.89 bits per heavy atom. The van der Waals surface area contributed by atoms with Crippen molar-refractivity contribution < 1.29 is 19.4 Å². The van der Waals surface area contributed by atoms with Crippen molar-refractivity contribution in [3.8, 4) is 0 Å². The molecule has 1 saturated heterocycles. The van der Waals surface area contributed by atoms with E-state index in [9.17, 15) is 9.59 Å². The predicted octanol–water partition coefficient (Wildman–Crippen LogP) is 1.93. The molecule has 0 radical (unpaired) electrons. The van der Waals surface area contributed by atoms with Crippen molar-refractivity contribution in [2.75, 3.05) is 19.8 Å². The first-order chi connectivity index (χ1) is 9.00. The van der Waals surface area contributed by atoms with E-state index in [-0.39, 0.29) is 18.4 Å². The van der Waals surface area contributed by atoms with Crippen molar-refractivity contribution in [2.45, 2.75) is 18.9 Å². The second kappa shape index (κ2) is 6.02. The molecule has 0 aromatic carbocycles. The molecule has 1 fully saturated rings. The van der Waals surface area contributed by atoms with Crippen LogP contribution in [0.4, 0.5) is 0 Å². The molecule has 1 amide bonds. The molecule has 0 unspecified atom stereocenters. The molecule has 1 N–H and O–H groups in total. The summed E-state index contributed by atoms with van der Waals surface area (Å²) in [4.78, 5) is 25.9. The number of rotatable bonds is 3. The van der Waals surface area contributed by atoms with Crippen LogP contribution in [0.5, 0.6) is 0 Å². The lowest BCUT2D eigenvalue weighted by molar-refractivity contribution is -0.158. The third-order valence-electron chi connectivity index (χ3n) is 3.09. The fourth-order valence-electron chi connectivity index (χ4n) is 2.00. The molecule has 2 rings (SSSR count). The molecule has 7 heteroatoms. The van der Waals surface area contributed by atoms with Crippen LogP contribution in [-0.2, 0) is 14.3 Å². The Morgan fingerprint density at radius 2 is 2.32 bits per heavy atom. The number of halogens is 1. The van der Waals surface area contributed by atoms with E-state index >= 15 is 0 Å². The maximum Gasteiger partial charge on any atom is 0.328 e. The monoisotopic (exact) mass is 347 g/mol. The van der Waals surface area contributed by atoms with Crippen LogP contribution in [0.1, 0.15) is 17.7 Å². The number of morpholine rings is 1. The van der Waals surface area contributed by atoms with E-state index < -0.39 is 12.0 Å². The first-order valence-electron chi connectivity index (χ1n) is 5.87. The van der Waals surface area contributed by atoms with Gasteiger partial charge in [0.2, 0.25) is 5.91 Å². The van der Waals surface area contributed by atoms with Crippen LogP contribution >= 0.6 is 27.3 Å². The van der Waals surface area contributed by atoms with Crippen molar-refractivity contribution in [1.29, 1.82) is 0 Å². The minimum atomic E-state index is -1.02. The second-order valence-corrected chi connectivity index (χ2v) is 6.82. The molecular weight excluding hydrogens is 334 g/mol. The van der Waals surface area contributed by atoms with E-state index in [1.807, 2.05) is 12.1 Å². The average molecular weight is 348 g/mol. The van der Waals surface area contributed by atoms with Crippen molar-refractivity contribution in [3.63, 3.8) is 0 Å². The SMILES string of the molecule is C[C@@H](C(=O)N1CCOC[C@@H]1C(=O)O)c1ccc(Br)s1. The molecule has 1 aromatic heterocycles. The summed E-state index contributed by atoms with van der Waals surface area (Å²) in [5, 5.41) is 9.14. The quantitative estimate of drug-likeness (QED) is 0.907. The molecule has 2 heterocycles. The second-order valence-electron chi connectivity index (χ2n) is 4.32. The van der Waals surface area contributed by atoms with Gasteiger partial charge in [0.15, 0.2) is 6.04 Å². The number of thiophene rings is 1. The summed E-state index contributed by atoms with van der Waals surface area (Å²) in [7, 11) is 0. The van der Waals surface area contributed by atoms with E-state index in [0.29, 0.717) is 13.2 Å². The van der Waals surface area contributed by atoms with Crippen LogP contribution in [0.2, 0.25) is 0 Å². The number of carbonyl (C=O) groups is 2. The number of carboxylic acid groups (broad SMARTS) is 1. The number of ether oxygens (including phenoxy) is 1. The summed E-state index contributed by atoms with van der Waals surface area (Å²) in [6.45, 7) is 2.57. The van der Waals surface area contributed by atoms with E-state index in [2.05, 4.69) is 15.9 Å². The van der Waals surface area contributed by atoms with E-state index in [1.54, 1.807) is 6.92 Å². The molecule has 0 saturated carbocycles. The van der Waals surface area contributed by atoms with Crippen LogP contribution < -0.4 is 0 Å². The van der Waals surface area contributed by atoms with E-state index in [1.165, 1.54) is 16.2 Å². The summed E-state index contributed by atoms with van der Waals surface area (Å²) >= 11 is 4.85. The van der Waals surface area contributed by atoms with Crippen LogP contribution in [0.3, 0.4) is 0 Å². The zero-order chi connectivity index (χ0) is 14.0. The molecule has 1 aromatic rings. The van der Waals surface area contributed by atoms with Gasteiger partial charge in [-0.2, -0.15) is 0 Å². The Bertz CT molecular complexity index is 490. The molecule has 19 heavy (non-hydrogen) atoms. The lowest BCUT2D eigenvalue weighted by Gasteiger charge is -2.34. The maximum absolute atomic E-state index is 12.4. The summed E-state index contributed by atoms with van der Waals surface area (Å²) < 4.78 is 6.09. The fourth-order valence-corrected chi connectivity index (χ4v) is 3.47. The number of amides is 1. The van der Waals surface area contributed by atoms with Gasteiger partial charge in [0.1, 0.15) is 0 Å². The smallest absolute Gasteiger partial charge is 0.328 e. The topological polar surface area (TPSA) is 66.8 Å². The van der Waals surface area contributed by atoms with Crippen molar-refractivity contribution in [2.24, 2.45) is 0 Å². The Labute approximate surface area is 123 Å². The summed E-state index contributed by atoms with van der Waals surface area (Å²) in [6, 6.07) is 2.89. The highest BCUT2D eigenvalue weighted by molar-refractivity contribution is 9.11. The van der Waals surface area contributed by atoms with Gasteiger partial charge in [-0.3, -0.25) is 4.79 Å². The molecule has 1 aliphatic heterocycles. The summed E-state index contributed by atoms with van der Waals surface area (Å²) in [5.74, 6) is -1.52. The van der Waals surface area contributed by atoms with Crippen molar-refractivity contribution in [3.05, 3.63) is 20.8 Å². The van der Waals surface area contributed by atoms with E-state index in [4.69, 9.17) is 9.84 Å². The van der Waals surface area contributed by atoms with E-state index in [0.717, 1.165) is 8.66 Å². The number of carboxylic acids is 1. The lowest BCUT2D eigenvalue weighted by Crippen LogP contribution is -2.53. The van der Waals surface area contributed by atoms with Crippen LogP contribution in [-0.4, -0.2) is 47.7 Å². The normalized spacial score (nSPS) is 21.2. The predicted molar refractivity (Wildman–Crippen MR) is 74.4 cm³/mol. The molecule has 0 aliphatic carbocycles. The van der Waals surface area contributed by atoms with Crippen molar-refractivity contribution >= 4 is 39.1 Å². The third kappa shape index (κ3) is 3.16. The van der Waals surface area contributed by atoms with Gasteiger partial charge in [-0.05, 0) is 35.0 Å². The Kier molecular flexibility index (Phi) is 4.59. The van der Waals surface area contributed by atoms with Crippen LogP contribution in [0, 0.1) is 0 Å². The number of nitrogens with zero attached hydrogens (tertiary/aromatic N) is 1. The largest absolute Gasteiger partial charge is 0.480 e. The molecule has 2 atom stereocenters. The minimum absolute atomic E-state index is 0.0575. The van der Waals surface area contributed by atoms with Crippen LogP contribution in [0.15, 0.2) is 15.9 Å². The van der Waals surface area contributed by atoms with Gasteiger partial charge in [0.25, 0.3) is 0 Å². The zero-order valence-corrected chi connectivity index (χ0v) is 12.7. The van der Waals surface area contributed by atoms with Gasteiger partial charge in [0, 0.05) is 11.4 Å². The first kappa shape index (κ1) is 14.5. The Balaban J connectivity index is 2.15. The molecule has 0 spiro atoms. The maximum atomic E-state index is 12.4. The zero-order valence-electron chi connectivity index (χ0n) is 10.3. The van der Waals surface area contributed by atoms with Gasteiger partial charge < -0.3 is 14.7 Å². The molecule has 0 bridgehead atoms. The molecular formula is C12H14BrNO4S. The highest BCUT2D eigenvalue weighted by atomic mass is 79.9. The summed E-state index contributed by atoms with van der Waals surface area (Å²) in [6.07, 6.45) is 0. The summed E-state index contributed by atoms with van der Waals surface area (Å²) in [5.41, 5.74) is 0. The number of hydrogen-bond acceptors (Lipinski definition) is 4. The molecule has 1 aliphatic rings. The number of carbonyl (C=O) groups excluding carboxylic acids is 1. The Morgan fingerprint density at radius 1 is 1.58 bits per heavy atom. The van der Waals surface area contributed by atoms with Crippen molar-refractivity contribution in [1.82, 2.24) is 4.90 Å². The minimum Gasteiger partial charge on any atom is -0.480 e. The van der Waals surface area contributed by atoms with Gasteiger partial charge in [0.05, 0.1) is 22.9 Å². The fraction of sp³-hybridized carbons (Fsp3) is 0.500. The highest BCUT2D eigenvalue weighted by Gasteiger charge is 2.35. The molecule has 5 nitrogen and oxygen atoms in total. The first-order valence-corrected chi connectivity index (χ1v) is 7.48. The van der Waals surface area contributed by atoms with Gasteiger partial charge >= 0.3 is 5.97 Å². The average Bonchev–Trinajstić information content (AvgIpc) is 2.83.